The number of nitrogens with two attached hydrogens (primary N) is 1. The van der Waals surface area contributed by atoms with Gasteiger partial charge in [0.1, 0.15) is 5.75 Å². The van der Waals surface area contributed by atoms with Gasteiger partial charge in [0.25, 0.3) is 0 Å². The van der Waals surface area contributed by atoms with Crippen LogP contribution < -0.4 is 10.5 Å². The van der Waals surface area contributed by atoms with Crippen LogP contribution in [-0.4, -0.2) is 62.7 Å². The number of nitrogens with zero attached hydrogens (tertiary/aromatic N) is 2. The Labute approximate surface area is 128 Å². The molecule has 0 bridgehead atoms. The van der Waals surface area contributed by atoms with Crippen molar-refractivity contribution in [3.05, 3.63) is 29.8 Å². The van der Waals surface area contributed by atoms with Crippen molar-refractivity contribution >= 4 is 0 Å². The smallest absolute Gasteiger partial charge is 0.119 e. The quantitative estimate of drug-likeness (QED) is 0.825. The fourth-order valence-corrected chi connectivity index (χ4v) is 2.68. The third-order valence-corrected chi connectivity index (χ3v) is 4.06. The zero-order valence-electron chi connectivity index (χ0n) is 13.4. The maximum atomic E-state index is 5.90. The number of piperazine rings is 1. The van der Waals surface area contributed by atoms with E-state index in [4.69, 9.17) is 10.5 Å². The molecule has 21 heavy (non-hydrogen) atoms. The van der Waals surface area contributed by atoms with Crippen molar-refractivity contribution in [3.8, 4) is 5.75 Å². The Kier molecular flexibility index (Phi) is 6.49. The summed E-state index contributed by atoms with van der Waals surface area (Å²) >= 11 is 0. The molecule has 4 heteroatoms. The lowest BCUT2D eigenvalue weighted by atomic mass is 10.1. The number of hydrogen-bond donors (Lipinski definition) is 1. The van der Waals surface area contributed by atoms with Gasteiger partial charge in [-0.1, -0.05) is 19.1 Å². The first-order chi connectivity index (χ1) is 10.2. The van der Waals surface area contributed by atoms with E-state index in [0.717, 1.165) is 25.3 Å². The van der Waals surface area contributed by atoms with Gasteiger partial charge in [-0.25, -0.2) is 0 Å². The fraction of sp³-hybridized carbons (Fsp3) is 0.647. The predicted molar refractivity (Wildman–Crippen MR) is 87.8 cm³/mol. The van der Waals surface area contributed by atoms with E-state index in [1.54, 1.807) is 0 Å². The van der Waals surface area contributed by atoms with Crippen molar-refractivity contribution in [2.45, 2.75) is 13.3 Å². The molecule has 1 aromatic carbocycles. The number of benzene rings is 1. The van der Waals surface area contributed by atoms with Gasteiger partial charge < -0.3 is 20.3 Å². The fourth-order valence-electron chi connectivity index (χ4n) is 2.68. The van der Waals surface area contributed by atoms with Gasteiger partial charge in [0.15, 0.2) is 0 Å². The lowest BCUT2D eigenvalue weighted by Gasteiger charge is -2.33. The summed E-state index contributed by atoms with van der Waals surface area (Å²) in [6.07, 6.45) is 0.931. The van der Waals surface area contributed by atoms with Gasteiger partial charge in [-0.2, -0.15) is 0 Å². The van der Waals surface area contributed by atoms with Crippen LogP contribution in [0.25, 0.3) is 0 Å². The van der Waals surface area contributed by atoms with Gasteiger partial charge in [-0.3, -0.25) is 0 Å². The third kappa shape index (κ3) is 5.65. The lowest BCUT2D eigenvalue weighted by molar-refractivity contribution is 0.123. The minimum Gasteiger partial charge on any atom is -0.493 e. The molecule has 0 aliphatic carbocycles. The van der Waals surface area contributed by atoms with Crippen molar-refractivity contribution < 1.29 is 4.74 Å². The van der Waals surface area contributed by atoms with Crippen molar-refractivity contribution in [2.24, 2.45) is 11.7 Å². The minimum absolute atomic E-state index is 0.553. The Balaban J connectivity index is 1.69. The van der Waals surface area contributed by atoms with E-state index in [2.05, 4.69) is 35.9 Å². The molecule has 2 rings (SSSR count). The highest BCUT2D eigenvalue weighted by Crippen LogP contribution is 2.14. The Morgan fingerprint density at radius 2 is 1.81 bits per heavy atom. The molecule has 1 atom stereocenters. The van der Waals surface area contributed by atoms with Crippen molar-refractivity contribution in [1.29, 1.82) is 0 Å². The van der Waals surface area contributed by atoms with Gasteiger partial charge in [0.05, 0.1) is 6.61 Å². The molecular formula is C17H29N3O. The minimum atomic E-state index is 0.553. The maximum Gasteiger partial charge on any atom is 0.119 e. The average Bonchev–Trinajstić information content (AvgIpc) is 2.49. The number of likely N-dealkylation sites (N-methyl/N-ethyl adjacent to an activating group) is 1. The van der Waals surface area contributed by atoms with E-state index in [1.807, 2.05) is 12.1 Å². The highest BCUT2D eigenvalue weighted by molar-refractivity contribution is 5.27. The van der Waals surface area contributed by atoms with E-state index in [1.165, 1.54) is 31.7 Å². The van der Waals surface area contributed by atoms with Crippen LogP contribution in [0.1, 0.15) is 12.5 Å². The molecule has 1 saturated heterocycles. The van der Waals surface area contributed by atoms with Crippen LogP contribution >= 0.6 is 0 Å². The molecule has 1 heterocycles. The first-order valence-electron chi connectivity index (χ1n) is 8.00. The van der Waals surface area contributed by atoms with Crippen LogP contribution in [0.3, 0.4) is 0 Å². The summed E-state index contributed by atoms with van der Waals surface area (Å²) in [4.78, 5) is 4.93. The van der Waals surface area contributed by atoms with Crippen LogP contribution in [0.4, 0.5) is 0 Å². The molecule has 4 nitrogen and oxygen atoms in total. The zero-order valence-corrected chi connectivity index (χ0v) is 13.4. The monoisotopic (exact) mass is 291 g/mol. The van der Waals surface area contributed by atoms with E-state index >= 15 is 0 Å². The SMILES string of the molecule is CC(COc1ccc(CCN)cc1)CN1CCN(C)CC1. The third-order valence-electron chi connectivity index (χ3n) is 4.06. The second kappa shape index (κ2) is 8.37. The molecule has 0 amide bonds. The van der Waals surface area contributed by atoms with Crippen LogP contribution in [0.2, 0.25) is 0 Å². The summed E-state index contributed by atoms with van der Waals surface area (Å²) in [7, 11) is 2.19. The molecule has 0 aromatic heterocycles. The molecule has 1 fully saturated rings. The standard InChI is InChI=1S/C17H29N3O/c1-15(13-20-11-9-19(2)10-12-20)14-21-17-5-3-16(4-6-17)7-8-18/h3-6,15H,7-14,18H2,1-2H3. The molecule has 0 saturated carbocycles. The Morgan fingerprint density at radius 1 is 1.14 bits per heavy atom. The molecule has 1 aliphatic heterocycles. The van der Waals surface area contributed by atoms with Crippen LogP contribution in [0, 0.1) is 5.92 Å². The van der Waals surface area contributed by atoms with Gasteiger partial charge >= 0.3 is 0 Å². The first kappa shape index (κ1) is 16.3. The van der Waals surface area contributed by atoms with E-state index in [-0.39, 0.29) is 0 Å². The average molecular weight is 291 g/mol. The summed E-state index contributed by atoms with van der Waals surface area (Å²) in [5, 5.41) is 0. The van der Waals surface area contributed by atoms with Crippen LogP contribution in [0.15, 0.2) is 24.3 Å². The van der Waals surface area contributed by atoms with E-state index < -0.39 is 0 Å². The molecule has 0 spiro atoms. The topological polar surface area (TPSA) is 41.7 Å². The van der Waals surface area contributed by atoms with Gasteiger partial charge in [-0.15, -0.1) is 0 Å². The number of ether oxygens (including phenoxy) is 1. The van der Waals surface area contributed by atoms with Crippen LogP contribution in [-0.2, 0) is 6.42 Å². The van der Waals surface area contributed by atoms with Gasteiger partial charge in [0, 0.05) is 38.6 Å². The Bertz CT molecular complexity index is 399. The summed E-state index contributed by atoms with van der Waals surface area (Å²) in [6.45, 7) is 9.57. The highest BCUT2D eigenvalue weighted by Gasteiger charge is 2.16. The second-order valence-electron chi connectivity index (χ2n) is 6.20. The van der Waals surface area contributed by atoms with Crippen molar-refractivity contribution in [3.63, 3.8) is 0 Å². The van der Waals surface area contributed by atoms with Crippen molar-refractivity contribution in [2.75, 3.05) is 52.9 Å². The van der Waals surface area contributed by atoms with Crippen LogP contribution in [0.5, 0.6) is 5.75 Å². The lowest BCUT2D eigenvalue weighted by Crippen LogP contribution is -2.46. The summed E-state index contributed by atoms with van der Waals surface area (Å²) < 4.78 is 5.90. The summed E-state index contributed by atoms with van der Waals surface area (Å²) in [5.74, 6) is 1.51. The molecule has 1 aliphatic rings. The zero-order chi connectivity index (χ0) is 15.1. The van der Waals surface area contributed by atoms with E-state index in [0.29, 0.717) is 12.5 Å². The second-order valence-corrected chi connectivity index (χ2v) is 6.20. The first-order valence-corrected chi connectivity index (χ1v) is 8.00. The summed E-state index contributed by atoms with van der Waals surface area (Å²) in [6, 6.07) is 8.31. The van der Waals surface area contributed by atoms with Crippen molar-refractivity contribution in [1.82, 2.24) is 9.80 Å². The normalized spacial score (nSPS) is 18.6. The van der Waals surface area contributed by atoms with E-state index in [9.17, 15) is 0 Å². The Hall–Kier alpha value is -1.10. The highest BCUT2D eigenvalue weighted by atomic mass is 16.5. The Morgan fingerprint density at radius 3 is 2.43 bits per heavy atom. The van der Waals surface area contributed by atoms with Gasteiger partial charge in [-0.05, 0) is 37.7 Å². The molecule has 1 unspecified atom stereocenters. The largest absolute Gasteiger partial charge is 0.493 e. The molecule has 118 valence electrons. The summed E-state index contributed by atoms with van der Waals surface area (Å²) in [5.41, 5.74) is 6.83. The molecular weight excluding hydrogens is 262 g/mol. The van der Waals surface area contributed by atoms with Gasteiger partial charge in [0.2, 0.25) is 0 Å². The maximum absolute atomic E-state index is 5.90. The molecule has 1 aromatic rings. The number of rotatable bonds is 7. The molecule has 0 radical (unpaired) electrons. The molecule has 2 N–H and O–H groups in total. The predicted octanol–water partition coefficient (Wildman–Crippen LogP) is 1.45. The number of hydrogen-bond acceptors (Lipinski definition) is 4.